The Labute approximate surface area is 83.8 Å². The van der Waals surface area contributed by atoms with Crippen LogP contribution in [0.15, 0.2) is 0 Å². The normalized spacial score (nSPS) is 11.9. The van der Waals surface area contributed by atoms with Gasteiger partial charge in [-0.3, -0.25) is 4.79 Å². The maximum atomic E-state index is 11.1. The van der Waals surface area contributed by atoms with E-state index >= 15 is 0 Å². The second kappa shape index (κ2) is 7.32. The largest absolute Gasteiger partial charge is 0.459 e. The average molecular weight is 203 g/mol. The molecule has 5 nitrogen and oxygen atoms in total. The summed E-state index contributed by atoms with van der Waals surface area (Å²) < 4.78 is 9.40. The smallest absolute Gasteiger partial charge is 0.396 e. The van der Waals surface area contributed by atoms with Gasteiger partial charge in [-0.15, -0.1) is 0 Å². The van der Waals surface area contributed by atoms with Gasteiger partial charge in [-0.05, 0) is 13.3 Å². The van der Waals surface area contributed by atoms with Crippen molar-refractivity contribution in [2.45, 2.75) is 26.3 Å². The average Bonchev–Trinajstić information content (AvgIpc) is 2.17. The van der Waals surface area contributed by atoms with Crippen molar-refractivity contribution in [2.75, 3.05) is 20.3 Å². The van der Waals surface area contributed by atoms with Crippen molar-refractivity contribution in [3.8, 4) is 0 Å². The SMILES string of the molecule is CCOC(=O)C(=O)NC(CC)COC. The topological polar surface area (TPSA) is 64.6 Å². The standard InChI is InChI=1S/C9H17NO4/c1-4-7(6-13-3)10-8(11)9(12)14-5-2/h7H,4-6H2,1-3H3,(H,10,11). The highest BCUT2D eigenvalue weighted by atomic mass is 16.5. The zero-order valence-corrected chi connectivity index (χ0v) is 8.83. The van der Waals surface area contributed by atoms with Gasteiger partial charge in [0.15, 0.2) is 0 Å². The molecule has 0 fully saturated rings. The first-order valence-corrected chi connectivity index (χ1v) is 4.62. The summed E-state index contributed by atoms with van der Waals surface area (Å²) in [6.45, 7) is 4.14. The van der Waals surface area contributed by atoms with Crippen molar-refractivity contribution in [3.63, 3.8) is 0 Å². The minimum Gasteiger partial charge on any atom is -0.459 e. The molecule has 0 aromatic carbocycles. The van der Waals surface area contributed by atoms with E-state index in [0.29, 0.717) is 13.0 Å². The van der Waals surface area contributed by atoms with E-state index < -0.39 is 11.9 Å². The van der Waals surface area contributed by atoms with Gasteiger partial charge in [-0.1, -0.05) is 6.92 Å². The van der Waals surface area contributed by atoms with Gasteiger partial charge in [0.2, 0.25) is 0 Å². The first-order chi connectivity index (χ1) is 6.65. The van der Waals surface area contributed by atoms with Gasteiger partial charge in [0.1, 0.15) is 0 Å². The van der Waals surface area contributed by atoms with Crippen molar-refractivity contribution in [1.82, 2.24) is 5.32 Å². The molecule has 0 aromatic rings. The number of esters is 1. The third kappa shape index (κ3) is 4.81. The van der Waals surface area contributed by atoms with E-state index in [1.54, 1.807) is 14.0 Å². The third-order valence-electron chi connectivity index (χ3n) is 1.66. The lowest BCUT2D eigenvalue weighted by atomic mass is 10.2. The molecule has 0 saturated heterocycles. The van der Waals surface area contributed by atoms with Crippen LogP contribution >= 0.6 is 0 Å². The summed E-state index contributed by atoms with van der Waals surface area (Å²) in [5.74, 6) is -1.56. The van der Waals surface area contributed by atoms with Crippen molar-refractivity contribution in [3.05, 3.63) is 0 Å². The molecule has 5 heteroatoms. The number of amides is 1. The molecule has 0 heterocycles. The fourth-order valence-electron chi connectivity index (χ4n) is 0.904. The van der Waals surface area contributed by atoms with Crippen LogP contribution < -0.4 is 5.32 Å². The molecular weight excluding hydrogens is 186 g/mol. The van der Waals surface area contributed by atoms with Crippen molar-refractivity contribution in [1.29, 1.82) is 0 Å². The Morgan fingerprint density at radius 1 is 1.36 bits per heavy atom. The van der Waals surface area contributed by atoms with Gasteiger partial charge in [0.25, 0.3) is 0 Å². The highest BCUT2D eigenvalue weighted by Crippen LogP contribution is 1.91. The van der Waals surface area contributed by atoms with Crippen LogP contribution in [0.3, 0.4) is 0 Å². The Balaban J connectivity index is 3.95. The van der Waals surface area contributed by atoms with Gasteiger partial charge >= 0.3 is 11.9 Å². The highest BCUT2D eigenvalue weighted by Gasteiger charge is 2.18. The van der Waals surface area contributed by atoms with Crippen molar-refractivity contribution < 1.29 is 19.1 Å². The molecule has 1 atom stereocenters. The van der Waals surface area contributed by atoms with Crippen LogP contribution in [-0.4, -0.2) is 38.2 Å². The molecule has 0 saturated carbocycles. The lowest BCUT2D eigenvalue weighted by molar-refractivity contribution is -0.155. The van der Waals surface area contributed by atoms with E-state index in [0.717, 1.165) is 0 Å². The maximum Gasteiger partial charge on any atom is 0.396 e. The summed E-state index contributed by atoms with van der Waals surface area (Å²) >= 11 is 0. The summed E-state index contributed by atoms with van der Waals surface area (Å²) in [5.41, 5.74) is 0. The lowest BCUT2D eigenvalue weighted by Crippen LogP contribution is -2.42. The van der Waals surface area contributed by atoms with Crippen molar-refractivity contribution >= 4 is 11.9 Å². The van der Waals surface area contributed by atoms with Crippen LogP contribution in [0.25, 0.3) is 0 Å². The van der Waals surface area contributed by atoms with Gasteiger partial charge < -0.3 is 14.8 Å². The molecular formula is C9H17NO4. The number of hydrogen-bond donors (Lipinski definition) is 1. The molecule has 0 radical (unpaired) electrons. The van der Waals surface area contributed by atoms with E-state index in [1.165, 1.54) is 0 Å². The molecule has 0 aliphatic rings. The van der Waals surface area contributed by atoms with Crippen LogP contribution in [-0.2, 0) is 19.1 Å². The summed E-state index contributed by atoms with van der Waals surface area (Å²) in [6, 6.07) is -0.142. The predicted molar refractivity (Wildman–Crippen MR) is 50.7 cm³/mol. The lowest BCUT2D eigenvalue weighted by Gasteiger charge is -2.14. The first-order valence-electron chi connectivity index (χ1n) is 4.62. The van der Waals surface area contributed by atoms with E-state index in [1.807, 2.05) is 6.92 Å². The maximum absolute atomic E-state index is 11.1. The summed E-state index contributed by atoms with van der Waals surface area (Å²) in [6.07, 6.45) is 0.707. The molecule has 82 valence electrons. The van der Waals surface area contributed by atoms with Gasteiger partial charge in [-0.25, -0.2) is 4.79 Å². The summed E-state index contributed by atoms with van der Waals surface area (Å²) in [4.78, 5) is 22.1. The summed E-state index contributed by atoms with van der Waals surface area (Å²) in [7, 11) is 1.54. The minimum absolute atomic E-state index is 0.142. The molecule has 1 amide bonds. The Kier molecular flexibility index (Phi) is 6.74. The molecule has 1 unspecified atom stereocenters. The quantitative estimate of drug-likeness (QED) is 0.508. The molecule has 0 aliphatic heterocycles. The van der Waals surface area contributed by atoms with Crippen LogP contribution in [0.4, 0.5) is 0 Å². The first kappa shape index (κ1) is 12.9. The Hall–Kier alpha value is -1.10. The zero-order chi connectivity index (χ0) is 11.0. The number of ether oxygens (including phenoxy) is 2. The molecule has 0 spiro atoms. The Morgan fingerprint density at radius 3 is 2.43 bits per heavy atom. The van der Waals surface area contributed by atoms with E-state index in [9.17, 15) is 9.59 Å². The number of methoxy groups -OCH3 is 1. The van der Waals surface area contributed by atoms with E-state index in [4.69, 9.17) is 4.74 Å². The number of carbonyl (C=O) groups is 2. The molecule has 0 bridgehead atoms. The van der Waals surface area contributed by atoms with Crippen LogP contribution in [0.5, 0.6) is 0 Å². The monoisotopic (exact) mass is 203 g/mol. The third-order valence-corrected chi connectivity index (χ3v) is 1.66. The highest BCUT2D eigenvalue weighted by molar-refractivity contribution is 6.32. The van der Waals surface area contributed by atoms with Crippen LogP contribution in [0.1, 0.15) is 20.3 Å². The fourth-order valence-corrected chi connectivity index (χ4v) is 0.904. The van der Waals surface area contributed by atoms with Gasteiger partial charge in [-0.2, -0.15) is 0 Å². The molecule has 0 aromatic heterocycles. The van der Waals surface area contributed by atoms with Gasteiger partial charge in [0.05, 0.1) is 19.3 Å². The molecule has 14 heavy (non-hydrogen) atoms. The Bertz CT molecular complexity index is 193. The van der Waals surface area contributed by atoms with E-state index in [-0.39, 0.29) is 12.6 Å². The second-order valence-electron chi connectivity index (χ2n) is 2.75. The fraction of sp³-hybridized carbons (Fsp3) is 0.778. The zero-order valence-electron chi connectivity index (χ0n) is 8.83. The number of nitrogens with one attached hydrogen (secondary N) is 1. The minimum atomic E-state index is -0.845. The predicted octanol–water partition coefficient (Wildman–Crippen LogP) is 0.0907. The molecule has 1 N–H and O–H groups in total. The van der Waals surface area contributed by atoms with Gasteiger partial charge in [0, 0.05) is 7.11 Å². The van der Waals surface area contributed by atoms with Crippen molar-refractivity contribution in [2.24, 2.45) is 0 Å². The molecule has 0 rings (SSSR count). The Morgan fingerprint density at radius 2 is 2.00 bits per heavy atom. The van der Waals surface area contributed by atoms with Crippen LogP contribution in [0.2, 0.25) is 0 Å². The number of rotatable bonds is 5. The summed E-state index contributed by atoms with van der Waals surface area (Å²) in [5, 5.41) is 2.51. The molecule has 0 aliphatic carbocycles. The number of carbonyl (C=O) groups excluding carboxylic acids is 2. The number of hydrogen-bond acceptors (Lipinski definition) is 4. The van der Waals surface area contributed by atoms with Crippen LogP contribution in [0, 0.1) is 0 Å². The second-order valence-corrected chi connectivity index (χ2v) is 2.75. The van der Waals surface area contributed by atoms with E-state index in [2.05, 4.69) is 10.1 Å².